The lowest BCUT2D eigenvalue weighted by atomic mass is 10.2. The van der Waals surface area contributed by atoms with Crippen molar-refractivity contribution < 1.29 is 24.0 Å². The van der Waals surface area contributed by atoms with Crippen molar-refractivity contribution in [2.75, 3.05) is 13.7 Å². The Balaban J connectivity index is 1.45. The predicted octanol–water partition coefficient (Wildman–Crippen LogP) is 6.24. The maximum Gasteiger partial charge on any atom is 0.338 e. The topological polar surface area (TPSA) is 111 Å². The van der Waals surface area contributed by atoms with Crippen molar-refractivity contribution in [2.24, 2.45) is 4.99 Å². The first-order chi connectivity index (χ1) is 18.2. The second-order valence-corrected chi connectivity index (χ2v) is 9.46. The standard InChI is InChI=1S/C27H22ClN3O6S/c1-3-36-26(33)19-8-10-20(11-9-19)29-27-30(2)25(32)24(38-27)15-17-7-12-23(22(28)14-17)37-16-18-5-4-6-21(13-18)31(34)35/h4-15H,3,16H2,1-2H3/b24-15-,29-27?. The number of hydrogen-bond acceptors (Lipinski definition) is 8. The van der Waals surface area contributed by atoms with E-state index in [0.717, 1.165) is 0 Å². The molecular weight excluding hydrogens is 530 g/mol. The monoisotopic (exact) mass is 551 g/mol. The van der Waals surface area contributed by atoms with Crippen LogP contribution in [0.2, 0.25) is 5.02 Å². The van der Waals surface area contributed by atoms with E-state index in [9.17, 15) is 19.7 Å². The highest BCUT2D eigenvalue weighted by molar-refractivity contribution is 8.18. The number of nitrogens with zero attached hydrogens (tertiary/aromatic N) is 3. The van der Waals surface area contributed by atoms with Gasteiger partial charge in [-0.3, -0.25) is 19.8 Å². The fourth-order valence-electron chi connectivity index (χ4n) is 3.44. The van der Waals surface area contributed by atoms with Crippen LogP contribution in [0.4, 0.5) is 11.4 Å². The molecular formula is C27H22ClN3O6S. The van der Waals surface area contributed by atoms with Crippen LogP contribution < -0.4 is 4.74 Å². The first kappa shape index (κ1) is 26.9. The Hall–Kier alpha value is -4.15. The molecule has 0 aliphatic carbocycles. The van der Waals surface area contributed by atoms with E-state index in [0.29, 0.717) is 49.8 Å². The van der Waals surface area contributed by atoms with Crippen molar-refractivity contribution in [3.05, 3.63) is 103 Å². The molecule has 1 fully saturated rings. The molecule has 9 nitrogen and oxygen atoms in total. The van der Waals surface area contributed by atoms with Crippen LogP contribution in [0.25, 0.3) is 6.08 Å². The van der Waals surface area contributed by atoms with Crippen LogP contribution in [0, 0.1) is 10.1 Å². The van der Waals surface area contributed by atoms with Gasteiger partial charge in [-0.2, -0.15) is 0 Å². The molecule has 0 spiro atoms. The van der Waals surface area contributed by atoms with E-state index in [1.165, 1.54) is 28.8 Å². The molecule has 1 aliphatic heterocycles. The van der Waals surface area contributed by atoms with Gasteiger partial charge in [-0.1, -0.05) is 29.8 Å². The molecule has 0 unspecified atom stereocenters. The number of carbonyl (C=O) groups is 2. The number of nitro benzene ring substituents is 1. The summed E-state index contributed by atoms with van der Waals surface area (Å²) in [5, 5.41) is 11.8. The third-order valence-electron chi connectivity index (χ3n) is 5.38. The zero-order chi connectivity index (χ0) is 27.2. The average molecular weight is 552 g/mol. The number of aliphatic imine (C=N–C) groups is 1. The first-order valence-electron chi connectivity index (χ1n) is 11.4. The van der Waals surface area contributed by atoms with Gasteiger partial charge >= 0.3 is 5.97 Å². The summed E-state index contributed by atoms with van der Waals surface area (Å²) in [5.74, 6) is -0.200. The fraction of sp³-hybridized carbons (Fsp3) is 0.148. The normalized spacial score (nSPS) is 15.2. The third-order valence-corrected chi connectivity index (χ3v) is 6.73. The molecule has 194 valence electrons. The number of nitro groups is 1. The lowest BCUT2D eigenvalue weighted by molar-refractivity contribution is -0.384. The molecule has 0 aromatic heterocycles. The predicted molar refractivity (Wildman–Crippen MR) is 147 cm³/mol. The van der Waals surface area contributed by atoms with Gasteiger partial charge < -0.3 is 9.47 Å². The largest absolute Gasteiger partial charge is 0.487 e. The average Bonchev–Trinajstić information content (AvgIpc) is 3.16. The highest BCUT2D eigenvalue weighted by atomic mass is 35.5. The summed E-state index contributed by atoms with van der Waals surface area (Å²) in [4.78, 5) is 41.6. The van der Waals surface area contributed by atoms with E-state index >= 15 is 0 Å². The van der Waals surface area contributed by atoms with E-state index in [4.69, 9.17) is 21.1 Å². The number of amides is 1. The van der Waals surface area contributed by atoms with E-state index in [-0.39, 0.29) is 18.2 Å². The summed E-state index contributed by atoms with van der Waals surface area (Å²) in [6.07, 6.45) is 1.71. The van der Waals surface area contributed by atoms with Crippen molar-refractivity contribution in [3.8, 4) is 5.75 Å². The Morgan fingerprint density at radius 3 is 2.61 bits per heavy atom. The van der Waals surface area contributed by atoms with Gasteiger partial charge in [0, 0.05) is 19.2 Å². The molecule has 38 heavy (non-hydrogen) atoms. The second-order valence-electron chi connectivity index (χ2n) is 8.04. The molecule has 1 heterocycles. The zero-order valence-electron chi connectivity index (χ0n) is 20.4. The number of amidine groups is 1. The Kier molecular flexibility index (Phi) is 8.45. The van der Waals surface area contributed by atoms with Gasteiger partial charge in [0.05, 0.1) is 32.7 Å². The maximum atomic E-state index is 12.8. The third kappa shape index (κ3) is 6.39. The van der Waals surface area contributed by atoms with Gasteiger partial charge in [0.15, 0.2) is 5.17 Å². The van der Waals surface area contributed by atoms with Crippen molar-refractivity contribution in [3.63, 3.8) is 0 Å². The number of esters is 1. The molecule has 0 radical (unpaired) electrons. The first-order valence-corrected chi connectivity index (χ1v) is 12.6. The van der Waals surface area contributed by atoms with Gasteiger partial charge in [0.25, 0.3) is 11.6 Å². The summed E-state index contributed by atoms with van der Waals surface area (Å²) < 4.78 is 10.7. The minimum absolute atomic E-state index is 0.0144. The van der Waals surface area contributed by atoms with Gasteiger partial charge in [-0.25, -0.2) is 9.79 Å². The lowest BCUT2D eigenvalue weighted by Gasteiger charge is -2.09. The second kappa shape index (κ2) is 11.9. The summed E-state index contributed by atoms with van der Waals surface area (Å²) >= 11 is 7.62. The number of hydrogen-bond donors (Lipinski definition) is 0. The molecule has 0 saturated carbocycles. The van der Waals surface area contributed by atoms with E-state index < -0.39 is 10.9 Å². The van der Waals surface area contributed by atoms with Gasteiger partial charge in [-0.15, -0.1) is 0 Å². The number of thioether (sulfide) groups is 1. The Morgan fingerprint density at radius 1 is 1.16 bits per heavy atom. The highest BCUT2D eigenvalue weighted by Gasteiger charge is 2.30. The van der Waals surface area contributed by atoms with Crippen LogP contribution in [0.5, 0.6) is 5.75 Å². The number of carbonyl (C=O) groups excluding carboxylic acids is 2. The van der Waals surface area contributed by atoms with Crippen molar-refractivity contribution >= 4 is 57.9 Å². The summed E-state index contributed by atoms with van der Waals surface area (Å²) in [5.41, 5.74) is 2.34. The molecule has 4 rings (SSSR count). The van der Waals surface area contributed by atoms with Crippen molar-refractivity contribution in [1.82, 2.24) is 4.90 Å². The maximum absolute atomic E-state index is 12.8. The van der Waals surface area contributed by atoms with Crippen LogP contribution in [-0.4, -0.2) is 40.5 Å². The number of likely N-dealkylation sites (N-methyl/N-ethyl adjacent to an activating group) is 1. The number of benzene rings is 3. The summed E-state index contributed by atoms with van der Waals surface area (Å²) in [6, 6.07) is 17.9. The minimum Gasteiger partial charge on any atom is -0.487 e. The molecule has 0 bridgehead atoms. The Bertz CT molecular complexity index is 1460. The van der Waals surface area contributed by atoms with Crippen molar-refractivity contribution in [2.45, 2.75) is 13.5 Å². The molecule has 3 aromatic carbocycles. The summed E-state index contributed by atoms with van der Waals surface area (Å²) in [7, 11) is 1.64. The molecule has 0 N–H and O–H groups in total. The molecule has 1 saturated heterocycles. The van der Waals surface area contributed by atoms with E-state index in [2.05, 4.69) is 4.99 Å². The van der Waals surface area contributed by atoms with E-state index in [1.54, 1.807) is 74.6 Å². The Labute approximate surface area is 227 Å². The summed E-state index contributed by atoms with van der Waals surface area (Å²) in [6.45, 7) is 2.15. The molecule has 1 amide bonds. The lowest BCUT2D eigenvalue weighted by Crippen LogP contribution is -2.23. The van der Waals surface area contributed by atoms with Crippen LogP contribution in [-0.2, 0) is 16.1 Å². The van der Waals surface area contributed by atoms with Crippen LogP contribution >= 0.6 is 23.4 Å². The van der Waals surface area contributed by atoms with Gasteiger partial charge in [-0.05, 0) is 72.3 Å². The SMILES string of the molecule is CCOC(=O)c1ccc(N=C2S/C(=C\c3ccc(OCc4cccc([N+](=O)[O-])c4)c(Cl)c3)C(=O)N2C)cc1. The van der Waals surface area contributed by atoms with E-state index in [1.807, 2.05) is 0 Å². The number of halogens is 1. The highest BCUT2D eigenvalue weighted by Crippen LogP contribution is 2.34. The number of rotatable bonds is 8. The molecule has 11 heteroatoms. The van der Waals surface area contributed by atoms with Crippen LogP contribution in [0.15, 0.2) is 76.6 Å². The van der Waals surface area contributed by atoms with Gasteiger partial charge in [0.1, 0.15) is 12.4 Å². The smallest absolute Gasteiger partial charge is 0.338 e. The van der Waals surface area contributed by atoms with Crippen LogP contribution in [0.3, 0.4) is 0 Å². The fourth-order valence-corrected chi connectivity index (χ4v) is 4.68. The number of non-ortho nitro benzene ring substituents is 1. The zero-order valence-corrected chi connectivity index (χ0v) is 22.0. The minimum atomic E-state index is -0.462. The molecule has 1 aliphatic rings. The van der Waals surface area contributed by atoms with Crippen molar-refractivity contribution in [1.29, 1.82) is 0 Å². The quantitative estimate of drug-likeness (QED) is 0.141. The van der Waals surface area contributed by atoms with Crippen LogP contribution in [0.1, 0.15) is 28.4 Å². The molecule has 0 atom stereocenters. The van der Waals surface area contributed by atoms with Gasteiger partial charge in [0.2, 0.25) is 0 Å². The molecule has 3 aromatic rings. The Morgan fingerprint density at radius 2 is 1.92 bits per heavy atom. The number of ether oxygens (including phenoxy) is 2.